The number of halogens is 3. The molecule has 3 unspecified atom stereocenters. The second kappa shape index (κ2) is 11.3. The second-order valence-electron chi connectivity index (χ2n) is 9.45. The monoisotopic (exact) mass is 460 g/mol. The average molecular weight is 461 g/mol. The van der Waals surface area contributed by atoms with E-state index in [-0.39, 0.29) is 30.3 Å². The lowest BCUT2D eigenvalue weighted by molar-refractivity contribution is -0.140. The quantitative estimate of drug-likeness (QED) is 0.573. The number of likely N-dealkylation sites (N-methyl/N-ethyl adjacent to an activating group) is 2. The standard InChI is InChI=1S/C23H39F3N4O2/c1-16(31-4)19-13-18(6-5-17(19)7-8-23(24,25)26)22-20(14-29(3)10-9-27-2)28-30-11-12-32-15-21(22)30/h16-19,27H,5-15H2,1-4H3/t16?,17-,18?,19?/m1/s1. The first-order valence-corrected chi connectivity index (χ1v) is 11.8. The molecule has 32 heavy (non-hydrogen) atoms. The molecule has 2 aliphatic rings. The lowest BCUT2D eigenvalue weighted by Gasteiger charge is -2.40. The highest BCUT2D eigenvalue weighted by Crippen LogP contribution is 2.46. The van der Waals surface area contributed by atoms with Gasteiger partial charge in [-0.2, -0.15) is 18.3 Å². The van der Waals surface area contributed by atoms with E-state index in [1.807, 2.05) is 14.0 Å². The number of alkyl halides is 3. The third kappa shape index (κ3) is 6.46. The average Bonchev–Trinajstić information content (AvgIpc) is 3.12. The highest BCUT2D eigenvalue weighted by molar-refractivity contribution is 5.32. The Labute approximate surface area is 189 Å². The lowest BCUT2D eigenvalue weighted by Crippen LogP contribution is -2.34. The Kier molecular flexibility index (Phi) is 9.00. The zero-order chi connectivity index (χ0) is 23.3. The molecule has 2 heterocycles. The van der Waals surface area contributed by atoms with E-state index in [2.05, 4.69) is 21.9 Å². The molecule has 1 aliphatic heterocycles. The smallest absolute Gasteiger partial charge is 0.381 e. The number of hydrogen-bond acceptors (Lipinski definition) is 5. The van der Waals surface area contributed by atoms with Crippen LogP contribution in [0.2, 0.25) is 0 Å². The zero-order valence-corrected chi connectivity index (χ0v) is 19.9. The van der Waals surface area contributed by atoms with Gasteiger partial charge >= 0.3 is 6.18 Å². The molecule has 9 heteroatoms. The summed E-state index contributed by atoms with van der Waals surface area (Å²) in [5.41, 5.74) is 3.51. The number of hydrogen-bond donors (Lipinski definition) is 1. The van der Waals surface area contributed by atoms with E-state index in [9.17, 15) is 13.2 Å². The van der Waals surface area contributed by atoms with Gasteiger partial charge in [0.1, 0.15) is 0 Å². The van der Waals surface area contributed by atoms with Crippen LogP contribution in [0.3, 0.4) is 0 Å². The zero-order valence-electron chi connectivity index (χ0n) is 19.9. The van der Waals surface area contributed by atoms with Crippen molar-refractivity contribution in [3.63, 3.8) is 0 Å². The summed E-state index contributed by atoms with van der Waals surface area (Å²) in [5.74, 6) is 0.418. The summed E-state index contributed by atoms with van der Waals surface area (Å²) in [6.07, 6.45) is -2.19. The summed E-state index contributed by atoms with van der Waals surface area (Å²) in [6, 6.07) is 0. The molecule has 1 N–H and O–H groups in total. The normalized spacial score (nSPS) is 25.2. The van der Waals surface area contributed by atoms with Crippen LogP contribution in [0.4, 0.5) is 13.2 Å². The Hall–Kier alpha value is -1.16. The van der Waals surface area contributed by atoms with Gasteiger partial charge in [0.15, 0.2) is 0 Å². The van der Waals surface area contributed by atoms with Gasteiger partial charge in [-0.15, -0.1) is 0 Å². The maximum absolute atomic E-state index is 12.9. The van der Waals surface area contributed by atoms with Crippen LogP contribution in [0.1, 0.15) is 61.9 Å². The van der Waals surface area contributed by atoms with E-state index >= 15 is 0 Å². The molecule has 1 fully saturated rings. The van der Waals surface area contributed by atoms with Gasteiger partial charge in [-0.1, -0.05) is 0 Å². The maximum atomic E-state index is 12.9. The van der Waals surface area contributed by atoms with Crippen molar-refractivity contribution in [2.45, 2.75) is 76.9 Å². The van der Waals surface area contributed by atoms with Crippen molar-refractivity contribution < 1.29 is 22.6 Å². The van der Waals surface area contributed by atoms with Gasteiger partial charge in [0.2, 0.25) is 0 Å². The number of nitrogens with zero attached hydrogens (tertiary/aromatic N) is 3. The molecular formula is C23H39F3N4O2. The van der Waals surface area contributed by atoms with E-state index in [4.69, 9.17) is 14.6 Å². The largest absolute Gasteiger partial charge is 0.389 e. The van der Waals surface area contributed by atoms with E-state index in [1.54, 1.807) is 7.11 Å². The minimum absolute atomic E-state index is 0.0345. The third-order valence-electron chi connectivity index (χ3n) is 7.25. The molecule has 0 radical (unpaired) electrons. The van der Waals surface area contributed by atoms with Crippen molar-refractivity contribution in [3.8, 4) is 0 Å². The first-order chi connectivity index (χ1) is 15.2. The predicted octanol–water partition coefficient (Wildman–Crippen LogP) is 3.94. The molecule has 1 aliphatic carbocycles. The van der Waals surface area contributed by atoms with Crippen LogP contribution in [-0.4, -0.2) is 67.9 Å². The van der Waals surface area contributed by atoms with Crippen LogP contribution in [0, 0.1) is 11.8 Å². The van der Waals surface area contributed by atoms with Crippen LogP contribution in [0.25, 0.3) is 0 Å². The first-order valence-electron chi connectivity index (χ1n) is 11.8. The van der Waals surface area contributed by atoms with E-state index in [0.717, 1.165) is 56.8 Å². The summed E-state index contributed by atoms with van der Waals surface area (Å²) in [6.45, 7) is 6.55. The Morgan fingerprint density at radius 1 is 1.34 bits per heavy atom. The van der Waals surface area contributed by atoms with E-state index < -0.39 is 12.6 Å². The van der Waals surface area contributed by atoms with Crippen molar-refractivity contribution >= 4 is 0 Å². The Bertz CT molecular complexity index is 725. The summed E-state index contributed by atoms with van der Waals surface area (Å²) in [4.78, 5) is 2.26. The van der Waals surface area contributed by atoms with Crippen molar-refractivity contribution in [1.29, 1.82) is 0 Å². The van der Waals surface area contributed by atoms with Crippen molar-refractivity contribution in [2.24, 2.45) is 11.8 Å². The fraction of sp³-hybridized carbons (Fsp3) is 0.870. The van der Waals surface area contributed by atoms with Gasteiger partial charge in [0, 0.05) is 38.7 Å². The molecule has 3 rings (SSSR count). The molecular weight excluding hydrogens is 421 g/mol. The summed E-state index contributed by atoms with van der Waals surface area (Å²) >= 11 is 0. The van der Waals surface area contributed by atoms with Gasteiger partial charge in [-0.3, -0.25) is 9.58 Å². The fourth-order valence-electron chi connectivity index (χ4n) is 5.44. The highest BCUT2D eigenvalue weighted by Gasteiger charge is 2.39. The van der Waals surface area contributed by atoms with Gasteiger partial charge in [0.25, 0.3) is 0 Å². The van der Waals surface area contributed by atoms with E-state index in [0.29, 0.717) is 13.2 Å². The minimum atomic E-state index is -4.11. The van der Waals surface area contributed by atoms with Gasteiger partial charge < -0.3 is 14.8 Å². The van der Waals surface area contributed by atoms with Crippen LogP contribution in [0.15, 0.2) is 0 Å². The molecule has 1 aromatic heterocycles. The molecule has 6 nitrogen and oxygen atoms in total. The van der Waals surface area contributed by atoms with Crippen LogP contribution in [0.5, 0.6) is 0 Å². The summed E-state index contributed by atoms with van der Waals surface area (Å²) in [7, 11) is 5.70. The molecule has 0 aromatic carbocycles. The fourth-order valence-corrected chi connectivity index (χ4v) is 5.44. The van der Waals surface area contributed by atoms with Crippen molar-refractivity contribution in [1.82, 2.24) is 20.0 Å². The number of nitrogens with one attached hydrogen (secondary N) is 1. The van der Waals surface area contributed by atoms with Crippen molar-refractivity contribution in [2.75, 3.05) is 40.9 Å². The Balaban J connectivity index is 1.82. The number of rotatable bonds is 10. The Morgan fingerprint density at radius 3 is 2.81 bits per heavy atom. The maximum Gasteiger partial charge on any atom is 0.389 e. The molecule has 4 atom stereocenters. The molecule has 0 bridgehead atoms. The SMILES string of the molecule is CNCCN(C)Cc1nn2c(c1C1CC[C@H](CCC(F)(F)F)C(C(C)OC)C1)COCC2. The van der Waals surface area contributed by atoms with Crippen LogP contribution < -0.4 is 5.32 Å². The van der Waals surface area contributed by atoms with Gasteiger partial charge in [-0.05, 0) is 64.5 Å². The molecule has 1 saturated carbocycles. The van der Waals surface area contributed by atoms with Gasteiger partial charge in [-0.25, -0.2) is 0 Å². The second-order valence-corrected chi connectivity index (χ2v) is 9.45. The van der Waals surface area contributed by atoms with Crippen LogP contribution in [-0.2, 0) is 29.2 Å². The van der Waals surface area contributed by atoms with Gasteiger partial charge in [0.05, 0.1) is 37.3 Å². The van der Waals surface area contributed by atoms with Crippen molar-refractivity contribution in [3.05, 3.63) is 17.0 Å². The lowest BCUT2D eigenvalue weighted by atomic mass is 9.68. The number of ether oxygens (including phenoxy) is 2. The van der Waals surface area contributed by atoms with E-state index in [1.165, 1.54) is 5.56 Å². The molecule has 184 valence electrons. The Morgan fingerprint density at radius 2 is 2.12 bits per heavy atom. The number of methoxy groups -OCH3 is 1. The predicted molar refractivity (Wildman–Crippen MR) is 117 cm³/mol. The minimum Gasteiger partial charge on any atom is -0.381 e. The number of fused-ring (bicyclic) bond motifs is 1. The summed E-state index contributed by atoms with van der Waals surface area (Å²) in [5, 5.41) is 8.13. The highest BCUT2D eigenvalue weighted by atomic mass is 19.4. The summed E-state index contributed by atoms with van der Waals surface area (Å²) < 4.78 is 52.2. The molecule has 0 saturated heterocycles. The topological polar surface area (TPSA) is 51.6 Å². The molecule has 1 aromatic rings. The number of aromatic nitrogens is 2. The third-order valence-corrected chi connectivity index (χ3v) is 7.25. The molecule has 0 spiro atoms. The van der Waals surface area contributed by atoms with Crippen LogP contribution >= 0.6 is 0 Å². The first kappa shape index (κ1) is 25.5. The molecule has 0 amide bonds.